The monoisotopic (exact) mass is 214 g/mol. The highest BCUT2D eigenvalue weighted by Crippen LogP contribution is 2.28. The van der Waals surface area contributed by atoms with Gasteiger partial charge in [0.05, 0.1) is 5.25 Å². The molecule has 0 spiro atoms. The number of rotatable bonds is 5. The fourth-order valence-corrected chi connectivity index (χ4v) is 3.50. The van der Waals surface area contributed by atoms with Crippen LogP contribution >= 0.6 is 11.8 Å². The molecule has 0 saturated carbocycles. The quantitative estimate of drug-likeness (QED) is 0.500. The van der Waals surface area contributed by atoms with Crippen LogP contribution in [-0.2, 0) is 0 Å². The molecule has 2 heteroatoms. The van der Waals surface area contributed by atoms with Crippen LogP contribution in [0.4, 0.5) is 0 Å². The average Bonchev–Trinajstić information content (AvgIpc) is 2.38. The zero-order chi connectivity index (χ0) is 10.6. The second kappa shape index (κ2) is 5.79. The van der Waals surface area contributed by atoms with Gasteiger partial charge in [-0.15, -0.1) is 0 Å². The third-order valence-corrected chi connectivity index (χ3v) is 4.56. The summed E-state index contributed by atoms with van der Waals surface area (Å²) < 4.78 is 2.47. The Labute approximate surface area is 93.0 Å². The van der Waals surface area contributed by atoms with Crippen LogP contribution in [0.5, 0.6) is 0 Å². The summed E-state index contributed by atoms with van der Waals surface area (Å²) in [6, 6.07) is 0.789. The van der Waals surface area contributed by atoms with E-state index >= 15 is 0 Å². The predicted octanol–water partition coefficient (Wildman–Crippen LogP) is 3.52. The SMILES string of the molecule is CCCCCCC1C(C)SC(C)=[N+]1C. The van der Waals surface area contributed by atoms with Gasteiger partial charge in [-0.1, -0.05) is 37.9 Å². The molecule has 0 N–H and O–H groups in total. The van der Waals surface area contributed by atoms with Gasteiger partial charge in [-0.3, -0.25) is 0 Å². The molecule has 1 aliphatic rings. The van der Waals surface area contributed by atoms with E-state index in [2.05, 4.69) is 32.4 Å². The van der Waals surface area contributed by atoms with Gasteiger partial charge < -0.3 is 0 Å². The molecule has 1 aliphatic heterocycles. The van der Waals surface area contributed by atoms with E-state index in [0.29, 0.717) is 0 Å². The van der Waals surface area contributed by atoms with Gasteiger partial charge in [0, 0.05) is 13.3 Å². The molecular formula is C12H24NS+. The van der Waals surface area contributed by atoms with Crippen molar-refractivity contribution in [2.45, 2.75) is 64.2 Å². The summed E-state index contributed by atoms with van der Waals surface area (Å²) in [4.78, 5) is 0. The molecule has 82 valence electrons. The Morgan fingerprint density at radius 2 is 2.00 bits per heavy atom. The maximum absolute atomic E-state index is 2.47. The van der Waals surface area contributed by atoms with Gasteiger partial charge in [0.1, 0.15) is 7.05 Å². The van der Waals surface area contributed by atoms with E-state index in [1.807, 2.05) is 11.8 Å². The summed E-state index contributed by atoms with van der Waals surface area (Å²) >= 11 is 2.04. The van der Waals surface area contributed by atoms with Gasteiger partial charge in [-0.05, 0) is 13.3 Å². The van der Waals surface area contributed by atoms with Crippen LogP contribution < -0.4 is 0 Å². The number of unbranched alkanes of at least 4 members (excludes halogenated alkanes) is 3. The lowest BCUT2D eigenvalue weighted by molar-refractivity contribution is -0.532. The lowest BCUT2D eigenvalue weighted by Crippen LogP contribution is -2.26. The molecule has 2 atom stereocenters. The van der Waals surface area contributed by atoms with E-state index in [1.165, 1.54) is 37.1 Å². The van der Waals surface area contributed by atoms with Gasteiger partial charge in [-0.25, -0.2) is 4.58 Å². The van der Waals surface area contributed by atoms with Crippen molar-refractivity contribution < 1.29 is 4.58 Å². The zero-order valence-corrected chi connectivity index (χ0v) is 10.9. The molecule has 0 aromatic rings. The van der Waals surface area contributed by atoms with Crippen molar-refractivity contribution in [1.82, 2.24) is 0 Å². The van der Waals surface area contributed by atoms with Gasteiger partial charge >= 0.3 is 0 Å². The summed E-state index contributed by atoms with van der Waals surface area (Å²) in [6.07, 6.45) is 6.94. The Balaban J connectivity index is 2.30. The largest absolute Gasteiger partial charge is 0.227 e. The molecule has 0 radical (unpaired) electrons. The molecule has 1 nitrogen and oxygen atoms in total. The molecule has 0 aliphatic carbocycles. The van der Waals surface area contributed by atoms with Crippen molar-refractivity contribution in [3.8, 4) is 0 Å². The Morgan fingerprint density at radius 3 is 2.50 bits per heavy atom. The number of thioether (sulfide) groups is 1. The first-order valence-electron chi connectivity index (χ1n) is 5.89. The summed E-state index contributed by atoms with van der Waals surface area (Å²) in [7, 11) is 2.25. The van der Waals surface area contributed by atoms with Gasteiger partial charge in [0.15, 0.2) is 6.04 Å². The number of hydrogen-bond acceptors (Lipinski definition) is 1. The van der Waals surface area contributed by atoms with Gasteiger partial charge in [0.2, 0.25) is 5.04 Å². The van der Waals surface area contributed by atoms with Crippen LogP contribution in [0.15, 0.2) is 0 Å². The summed E-state index contributed by atoms with van der Waals surface area (Å²) in [5.74, 6) is 0. The number of hydrogen-bond donors (Lipinski definition) is 0. The third kappa shape index (κ3) is 3.01. The molecular weight excluding hydrogens is 190 g/mol. The Morgan fingerprint density at radius 1 is 1.29 bits per heavy atom. The standard InChI is InChI=1S/C12H24NS/c1-5-6-7-8-9-12-10(2)14-11(3)13(12)4/h10,12H,5-9H2,1-4H3/q+1. The van der Waals surface area contributed by atoms with E-state index in [4.69, 9.17) is 0 Å². The van der Waals surface area contributed by atoms with E-state index in [0.717, 1.165) is 11.3 Å². The van der Waals surface area contributed by atoms with E-state index in [-0.39, 0.29) is 0 Å². The van der Waals surface area contributed by atoms with Crippen molar-refractivity contribution in [2.24, 2.45) is 0 Å². The van der Waals surface area contributed by atoms with E-state index in [1.54, 1.807) is 0 Å². The molecule has 1 rings (SSSR count). The number of nitrogens with zero attached hydrogens (tertiary/aromatic N) is 1. The first kappa shape index (κ1) is 12.1. The molecule has 0 saturated heterocycles. The maximum Gasteiger partial charge on any atom is 0.207 e. The maximum atomic E-state index is 2.47. The Kier molecular flexibility index (Phi) is 5.00. The Bertz CT molecular complexity index is 210. The topological polar surface area (TPSA) is 3.01 Å². The van der Waals surface area contributed by atoms with Crippen LogP contribution in [0.1, 0.15) is 52.9 Å². The zero-order valence-electron chi connectivity index (χ0n) is 10.0. The normalized spacial score (nSPS) is 27.4. The Hall–Kier alpha value is 0.0200. The summed E-state index contributed by atoms with van der Waals surface area (Å²) in [6.45, 7) is 6.88. The highest BCUT2D eigenvalue weighted by atomic mass is 32.2. The lowest BCUT2D eigenvalue weighted by Gasteiger charge is -2.11. The second-order valence-corrected chi connectivity index (χ2v) is 5.94. The minimum Gasteiger partial charge on any atom is -0.227 e. The minimum absolute atomic E-state index is 0.789. The van der Waals surface area contributed by atoms with Crippen LogP contribution in [-0.4, -0.2) is 28.0 Å². The van der Waals surface area contributed by atoms with Crippen molar-refractivity contribution in [2.75, 3.05) is 7.05 Å². The molecule has 0 fully saturated rings. The van der Waals surface area contributed by atoms with Crippen LogP contribution in [0, 0.1) is 0 Å². The molecule has 2 unspecified atom stereocenters. The fourth-order valence-electron chi connectivity index (χ4n) is 2.19. The molecule has 0 bridgehead atoms. The molecule has 14 heavy (non-hydrogen) atoms. The second-order valence-electron chi connectivity index (χ2n) is 4.37. The van der Waals surface area contributed by atoms with Crippen LogP contribution in [0.3, 0.4) is 0 Å². The molecule has 0 amide bonds. The van der Waals surface area contributed by atoms with Crippen molar-refractivity contribution in [3.05, 3.63) is 0 Å². The highest BCUT2D eigenvalue weighted by molar-refractivity contribution is 8.14. The smallest absolute Gasteiger partial charge is 0.207 e. The van der Waals surface area contributed by atoms with E-state index < -0.39 is 0 Å². The molecule has 0 aromatic carbocycles. The van der Waals surface area contributed by atoms with Gasteiger partial charge in [0.25, 0.3) is 0 Å². The van der Waals surface area contributed by atoms with Crippen molar-refractivity contribution >= 4 is 16.8 Å². The van der Waals surface area contributed by atoms with Gasteiger partial charge in [-0.2, -0.15) is 0 Å². The van der Waals surface area contributed by atoms with Crippen molar-refractivity contribution in [3.63, 3.8) is 0 Å². The summed E-state index contributed by atoms with van der Waals surface area (Å²) in [5, 5.41) is 2.29. The van der Waals surface area contributed by atoms with Crippen LogP contribution in [0.25, 0.3) is 0 Å². The lowest BCUT2D eigenvalue weighted by atomic mass is 10.0. The fraction of sp³-hybridized carbons (Fsp3) is 0.917. The first-order chi connectivity index (χ1) is 6.66. The predicted molar refractivity (Wildman–Crippen MR) is 66.5 cm³/mol. The molecule has 1 heterocycles. The minimum atomic E-state index is 0.789. The third-order valence-electron chi connectivity index (χ3n) is 3.25. The van der Waals surface area contributed by atoms with E-state index in [9.17, 15) is 0 Å². The van der Waals surface area contributed by atoms with Crippen molar-refractivity contribution in [1.29, 1.82) is 0 Å². The molecule has 0 aromatic heterocycles. The average molecular weight is 214 g/mol. The summed E-state index contributed by atoms with van der Waals surface area (Å²) in [5.41, 5.74) is 0. The van der Waals surface area contributed by atoms with Crippen LogP contribution in [0.2, 0.25) is 0 Å². The highest BCUT2D eigenvalue weighted by Gasteiger charge is 2.34. The first-order valence-corrected chi connectivity index (χ1v) is 6.77.